The summed E-state index contributed by atoms with van der Waals surface area (Å²) in [6.45, 7) is 4.83. The first-order valence-corrected chi connectivity index (χ1v) is 9.99. The van der Waals surface area contributed by atoms with Crippen molar-refractivity contribution >= 4 is 5.69 Å². The van der Waals surface area contributed by atoms with Gasteiger partial charge in [0.05, 0.1) is 5.92 Å². The number of benzene rings is 2. The summed E-state index contributed by atoms with van der Waals surface area (Å²) in [4.78, 5) is 0. The van der Waals surface area contributed by atoms with Gasteiger partial charge in [0.15, 0.2) is 0 Å². The molecule has 2 atom stereocenters. The van der Waals surface area contributed by atoms with E-state index in [1.807, 2.05) is 42.5 Å². The zero-order valence-corrected chi connectivity index (χ0v) is 16.4. The van der Waals surface area contributed by atoms with Crippen LogP contribution in [0.4, 0.5) is 18.9 Å². The lowest BCUT2D eigenvalue weighted by Crippen LogP contribution is -2.31. The molecule has 2 aromatic rings. The van der Waals surface area contributed by atoms with E-state index in [9.17, 15) is 13.2 Å². The molecule has 28 heavy (non-hydrogen) atoms. The fourth-order valence-electron chi connectivity index (χ4n) is 3.78. The zero-order valence-electron chi connectivity index (χ0n) is 16.4. The fraction of sp³-hybridized carbons (Fsp3) is 0.478. The highest BCUT2D eigenvalue weighted by Gasteiger charge is 2.41. The molecule has 1 aliphatic rings. The standard InChI is InChI=1S/C23H28F3NO/c1-16(2)18-7-4-10-21(13-18)28-22-11-5-9-20(14-22)27-15-17-6-3-8-19(12-17)23(24,25)26/h4-5,7,9-11,13-14,16-17,19,27H,3,6,8,12,15H2,1-2H3. The largest absolute Gasteiger partial charge is 0.457 e. The molecule has 1 N–H and O–H groups in total. The average molecular weight is 391 g/mol. The number of rotatable bonds is 6. The van der Waals surface area contributed by atoms with Crippen LogP contribution < -0.4 is 10.1 Å². The second-order valence-corrected chi connectivity index (χ2v) is 8.01. The van der Waals surface area contributed by atoms with Gasteiger partial charge >= 0.3 is 6.18 Å². The molecule has 0 saturated heterocycles. The Morgan fingerprint density at radius 3 is 2.46 bits per heavy atom. The lowest BCUT2D eigenvalue weighted by atomic mass is 9.81. The Bertz CT molecular complexity index is 772. The predicted octanol–water partition coefficient (Wildman–Crippen LogP) is 7.38. The van der Waals surface area contributed by atoms with Crippen molar-refractivity contribution in [2.75, 3.05) is 11.9 Å². The van der Waals surface area contributed by atoms with Crippen molar-refractivity contribution in [1.29, 1.82) is 0 Å². The van der Waals surface area contributed by atoms with Gasteiger partial charge in [-0.15, -0.1) is 0 Å². The molecule has 0 spiro atoms. The van der Waals surface area contributed by atoms with Crippen LogP contribution in [0.25, 0.3) is 0 Å². The van der Waals surface area contributed by atoms with E-state index in [0.717, 1.165) is 17.9 Å². The third kappa shape index (κ3) is 5.66. The summed E-state index contributed by atoms with van der Waals surface area (Å²) in [5.41, 5.74) is 2.08. The number of alkyl halides is 3. The highest BCUT2D eigenvalue weighted by molar-refractivity contribution is 5.49. The van der Waals surface area contributed by atoms with Crippen LogP contribution in [0, 0.1) is 11.8 Å². The van der Waals surface area contributed by atoms with Crippen molar-refractivity contribution in [1.82, 2.24) is 0 Å². The summed E-state index contributed by atoms with van der Waals surface area (Å²) >= 11 is 0. The van der Waals surface area contributed by atoms with Crippen LogP contribution in [-0.2, 0) is 0 Å². The van der Waals surface area contributed by atoms with E-state index >= 15 is 0 Å². The molecule has 2 aromatic carbocycles. The fourth-order valence-corrected chi connectivity index (χ4v) is 3.78. The third-order valence-corrected chi connectivity index (χ3v) is 5.44. The minimum Gasteiger partial charge on any atom is -0.457 e. The van der Waals surface area contributed by atoms with Gasteiger partial charge in [-0.3, -0.25) is 0 Å². The van der Waals surface area contributed by atoms with Gasteiger partial charge in [-0.1, -0.05) is 38.5 Å². The van der Waals surface area contributed by atoms with Crippen molar-refractivity contribution in [3.05, 3.63) is 54.1 Å². The maximum absolute atomic E-state index is 13.0. The maximum Gasteiger partial charge on any atom is 0.391 e. The van der Waals surface area contributed by atoms with Crippen LogP contribution in [0.5, 0.6) is 11.5 Å². The van der Waals surface area contributed by atoms with E-state index in [2.05, 4.69) is 25.2 Å². The number of anilines is 1. The molecule has 0 amide bonds. The topological polar surface area (TPSA) is 21.3 Å². The Labute approximate surface area is 165 Å². The van der Waals surface area contributed by atoms with Gasteiger partial charge < -0.3 is 10.1 Å². The quantitative estimate of drug-likeness (QED) is 0.554. The lowest BCUT2D eigenvalue weighted by molar-refractivity contribution is -0.185. The maximum atomic E-state index is 13.0. The first kappa shape index (κ1) is 20.6. The first-order chi connectivity index (χ1) is 13.3. The SMILES string of the molecule is CC(C)c1cccc(Oc2cccc(NCC3CCCC(C(F)(F)F)C3)c2)c1. The summed E-state index contributed by atoms with van der Waals surface area (Å²) in [5, 5.41) is 3.29. The van der Waals surface area contributed by atoms with Gasteiger partial charge in [0, 0.05) is 18.3 Å². The third-order valence-electron chi connectivity index (χ3n) is 5.44. The van der Waals surface area contributed by atoms with E-state index < -0.39 is 12.1 Å². The Morgan fingerprint density at radius 1 is 1.04 bits per heavy atom. The summed E-state index contributed by atoms with van der Waals surface area (Å²) in [5.74, 6) is 0.808. The number of nitrogens with one attached hydrogen (secondary N) is 1. The second kappa shape index (κ2) is 8.89. The van der Waals surface area contributed by atoms with Gasteiger partial charge in [0.25, 0.3) is 0 Å². The molecule has 1 fully saturated rings. The number of halogens is 3. The molecular formula is C23H28F3NO. The summed E-state index contributed by atoms with van der Waals surface area (Å²) in [6, 6.07) is 15.6. The minimum atomic E-state index is -4.07. The molecule has 3 rings (SSSR count). The monoisotopic (exact) mass is 391 g/mol. The van der Waals surface area contributed by atoms with Crippen molar-refractivity contribution < 1.29 is 17.9 Å². The van der Waals surface area contributed by atoms with Crippen LogP contribution in [0.3, 0.4) is 0 Å². The van der Waals surface area contributed by atoms with Crippen molar-refractivity contribution in [3.63, 3.8) is 0 Å². The van der Waals surface area contributed by atoms with Crippen LogP contribution in [0.1, 0.15) is 51.0 Å². The van der Waals surface area contributed by atoms with Crippen LogP contribution in [0.2, 0.25) is 0 Å². The van der Waals surface area contributed by atoms with E-state index in [1.165, 1.54) is 5.56 Å². The summed E-state index contributed by atoms with van der Waals surface area (Å²) in [6.07, 6.45) is -2.10. The number of ether oxygens (including phenoxy) is 1. The highest BCUT2D eigenvalue weighted by atomic mass is 19.4. The van der Waals surface area contributed by atoms with Crippen molar-refractivity contribution in [3.8, 4) is 11.5 Å². The smallest absolute Gasteiger partial charge is 0.391 e. The molecule has 0 heterocycles. The van der Waals surface area contributed by atoms with Crippen molar-refractivity contribution in [2.24, 2.45) is 11.8 Å². The predicted molar refractivity (Wildman–Crippen MR) is 107 cm³/mol. The molecule has 1 saturated carbocycles. The Hall–Kier alpha value is -2.17. The molecular weight excluding hydrogens is 363 g/mol. The molecule has 0 aromatic heterocycles. The van der Waals surface area contributed by atoms with Gasteiger partial charge in [0.2, 0.25) is 0 Å². The molecule has 0 radical (unpaired) electrons. The van der Waals surface area contributed by atoms with E-state index in [0.29, 0.717) is 24.6 Å². The Kier molecular flexibility index (Phi) is 6.53. The van der Waals surface area contributed by atoms with Crippen LogP contribution in [0.15, 0.2) is 48.5 Å². The van der Waals surface area contributed by atoms with Gasteiger partial charge in [-0.05, 0) is 60.9 Å². The normalized spacial score (nSPS) is 20.2. The number of hydrogen-bond donors (Lipinski definition) is 1. The highest BCUT2D eigenvalue weighted by Crippen LogP contribution is 2.40. The Balaban J connectivity index is 1.58. The van der Waals surface area contributed by atoms with Crippen LogP contribution >= 0.6 is 0 Å². The second-order valence-electron chi connectivity index (χ2n) is 8.01. The molecule has 0 bridgehead atoms. The molecule has 2 unspecified atom stereocenters. The van der Waals surface area contributed by atoms with Gasteiger partial charge in [0.1, 0.15) is 11.5 Å². The molecule has 1 aliphatic carbocycles. The average Bonchev–Trinajstić information content (AvgIpc) is 2.66. The van der Waals surface area contributed by atoms with Gasteiger partial charge in [-0.25, -0.2) is 0 Å². The molecule has 152 valence electrons. The summed E-state index contributed by atoms with van der Waals surface area (Å²) < 4.78 is 44.9. The number of hydrogen-bond acceptors (Lipinski definition) is 2. The Morgan fingerprint density at radius 2 is 1.75 bits per heavy atom. The van der Waals surface area contributed by atoms with Gasteiger partial charge in [-0.2, -0.15) is 13.2 Å². The van der Waals surface area contributed by atoms with E-state index in [4.69, 9.17) is 4.74 Å². The zero-order chi connectivity index (χ0) is 20.1. The van der Waals surface area contributed by atoms with Crippen molar-refractivity contribution in [2.45, 2.75) is 51.6 Å². The van der Waals surface area contributed by atoms with E-state index in [-0.39, 0.29) is 18.8 Å². The van der Waals surface area contributed by atoms with E-state index in [1.54, 1.807) is 0 Å². The molecule has 0 aliphatic heterocycles. The molecule has 2 nitrogen and oxygen atoms in total. The summed E-state index contributed by atoms with van der Waals surface area (Å²) in [7, 11) is 0. The first-order valence-electron chi connectivity index (χ1n) is 9.99. The lowest BCUT2D eigenvalue weighted by Gasteiger charge is -2.30. The molecule has 5 heteroatoms. The van der Waals surface area contributed by atoms with Crippen LogP contribution in [-0.4, -0.2) is 12.7 Å². The minimum absolute atomic E-state index is 0.0488.